The normalized spacial score (nSPS) is 19.4. The molecule has 88 valence electrons. The van der Waals surface area contributed by atoms with Gasteiger partial charge in [0.2, 0.25) is 0 Å². The number of hydrogen-bond acceptors (Lipinski definition) is 2. The van der Waals surface area contributed by atoms with Crippen LogP contribution in [0.25, 0.3) is 0 Å². The standard InChI is InChI=1S/C13H19ClN2/c1-11-5-6-12(15-9-11)16-13(10-14)7-3-2-4-8-13/h5-6,9H,2-4,7-8,10H2,1H3,(H,15,16). The van der Waals surface area contributed by atoms with Crippen molar-refractivity contribution in [3.63, 3.8) is 0 Å². The Kier molecular flexibility index (Phi) is 3.70. The van der Waals surface area contributed by atoms with Crippen LogP contribution < -0.4 is 5.32 Å². The molecule has 1 aliphatic rings. The summed E-state index contributed by atoms with van der Waals surface area (Å²) in [4.78, 5) is 4.40. The molecule has 1 saturated carbocycles. The molecule has 1 aromatic heterocycles. The summed E-state index contributed by atoms with van der Waals surface area (Å²) < 4.78 is 0. The molecule has 0 aliphatic heterocycles. The number of halogens is 1. The lowest BCUT2D eigenvalue weighted by molar-refractivity contribution is 0.352. The molecule has 0 saturated heterocycles. The third-order valence-corrected chi connectivity index (χ3v) is 3.88. The molecule has 0 atom stereocenters. The van der Waals surface area contributed by atoms with Gasteiger partial charge in [-0.1, -0.05) is 25.3 Å². The lowest BCUT2D eigenvalue weighted by Gasteiger charge is -2.36. The van der Waals surface area contributed by atoms with Gasteiger partial charge < -0.3 is 5.32 Å². The van der Waals surface area contributed by atoms with Gasteiger partial charge in [0.1, 0.15) is 5.82 Å². The Balaban J connectivity index is 2.08. The molecule has 1 N–H and O–H groups in total. The number of alkyl halides is 1. The number of nitrogens with zero attached hydrogens (tertiary/aromatic N) is 1. The number of anilines is 1. The van der Waals surface area contributed by atoms with Crippen molar-refractivity contribution in [3.05, 3.63) is 23.9 Å². The minimum Gasteiger partial charge on any atom is -0.363 e. The Bertz CT molecular complexity index is 328. The Labute approximate surface area is 102 Å². The fourth-order valence-corrected chi connectivity index (χ4v) is 2.67. The number of nitrogens with one attached hydrogen (secondary N) is 1. The fraction of sp³-hybridized carbons (Fsp3) is 0.615. The molecule has 0 aromatic carbocycles. The van der Waals surface area contributed by atoms with Gasteiger partial charge in [-0.25, -0.2) is 4.98 Å². The van der Waals surface area contributed by atoms with E-state index in [1.54, 1.807) is 0 Å². The Morgan fingerprint density at radius 3 is 2.62 bits per heavy atom. The Morgan fingerprint density at radius 2 is 2.06 bits per heavy atom. The summed E-state index contributed by atoms with van der Waals surface area (Å²) >= 11 is 6.13. The van der Waals surface area contributed by atoms with Gasteiger partial charge in [-0.15, -0.1) is 11.6 Å². The number of pyridine rings is 1. The van der Waals surface area contributed by atoms with E-state index in [-0.39, 0.29) is 5.54 Å². The second kappa shape index (κ2) is 5.05. The highest BCUT2D eigenvalue weighted by Crippen LogP contribution is 2.32. The Morgan fingerprint density at radius 1 is 1.31 bits per heavy atom. The van der Waals surface area contributed by atoms with Crippen LogP contribution in [0.15, 0.2) is 18.3 Å². The highest BCUT2D eigenvalue weighted by molar-refractivity contribution is 6.18. The molecule has 1 heterocycles. The zero-order chi connectivity index (χ0) is 11.4. The van der Waals surface area contributed by atoms with Gasteiger partial charge in [-0.2, -0.15) is 0 Å². The van der Waals surface area contributed by atoms with E-state index in [0.717, 1.165) is 18.7 Å². The first-order valence-electron chi connectivity index (χ1n) is 6.01. The zero-order valence-corrected chi connectivity index (χ0v) is 10.6. The number of hydrogen-bond donors (Lipinski definition) is 1. The minimum absolute atomic E-state index is 0.0715. The van der Waals surface area contributed by atoms with E-state index in [0.29, 0.717) is 5.88 Å². The number of aryl methyl sites for hydroxylation is 1. The lowest BCUT2D eigenvalue weighted by Crippen LogP contribution is -2.42. The van der Waals surface area contributed by atoms with E-state index in [1.165, 1.54) is 24.8 Å². The van der Waals surface area contributed by atoms with Gasteiger partial charge >= 0.3 is 0 Å². The van der Waals surface area contributed by atoms with Crippen molar-refractivity contribution in [2.75, 3.05) is 11.2 Å². The van der Waals surface area contributed by atoms with Crippen LogP contribution in [0.2, 0.25) is 0 Å². The van der Waals surface area contributed by atoms with Crippen LogP contribution in [0.4, 0.5) is 5.82 Å². The van der Waals surface area contributed by atoms with Crippen LogP contribution in [0.3, 0.4) is 0 Å². The van der Waals surface area contributed by atoms with Gasteiger partial charge in [0.05, 0.1) is 5.54 Å². The van der Waals surface area contributed by atoms with Crippen molar-refractivity contribution in [1.29, 1.82) is 0 Å². The van der Waals surface area contributed by atoms with Crippen molar-refractivity contribution in [3.8, 4) is 0 Å². The summed E-state index contributed by atoms with van der Waals surface area (Å²) in [6.45, 7) is 2.05. The van der Waals surface area contributed by atoms with Gasteiger partial charge in [-0.3, -0.25) is 0 Å². The maximum atomic E-state index is 6.13. The highest BCUT2D eigenvalue weighted by atomic mass is 35.5. The maximum Gasteiger partial charge on any atom is 0.126 e. The topological polar surface area (TPSA) is 24.9 Å². The molecule has 0 spiro atoms. The maximum absolute atomic E-state index is 6.13. The van der Waals surface area contributed by atoms with Gasteiger partial charge in [-0.05, 0) is 31.4 Å². The summed E-state index contributed by atoms with van der Waals surface area (Å²) in [7, 11) is 0. The van der Waals surface area contributed by atoms with Crippen molar-refractivity contribution in [2.45, 2.75) is 44.6 Å². The second-order valence-corrected chi connectivity index (χ2v) is 5.09. The van der Waals surface area contributed by atoms with Gasteiger partial charge in [0, 0.05) is 12.1 Å². The second-order valence-electron chi connectivity index (χ2n) is 4.82. The molecule has 0 bridgehead atoms. The largest absolute Gasteiger partial charge is 0.363 e. The van der Waals surface area contributed by atoms with Crippen LogP contribution in [0.1, 0.15) is 37.7 Å². The van der Waals surface area contributed by atoms with Crippen LogP contribution >= 0.6 is 11.6 Å². The third kappa shape index (κ3) is 2.67. The predicted octanol–water partition coefficient (Wildman–Crippen LogP) is 3.74. The molecule has 16 heavy (non-hydrogen) atoms. The quantitative estimate of drug-likeness (QED) is 0.812. The highest BCUT2D eigenvalue weighted by Gasteiger charge is 2.31. The van der Waals surface area contributed by atoms with E-state index in [1.807, 2.05) is 12.3 Å². The molecule has 0 amide bonds. The van der Waals surface area contributed by atoms with E-state index >= 15 is 0 Å². The molecular weight excluding hydrogens is 220 g/mol. The van der Waals surface area contributed by atoms with Crippen LogP contribution in [0.5, 0.6) is 0 Å². The summed E-state index contributed by atoms with van der Waals surface area (Å²) in [5, 5.41) is 3.53. The monoisotopic (exact) mass is 238 g/mol. The first-order valence-corrected chi connectivity index (χ1v) is 6.54. The van der Waals surface area contributed by atoms with Crippen LogP contribution in [-0.4, -0.2) is 16.4 Å². The van der Waals surface area contributed by atoms with Gasteiger partial charge in [0.15, 0.2) is 0 Å². The molecule has 1 aromatic rings. The smallest absolute Gasteiger partial charge is 0.126 e. The van der Waals surface area contributed by atoms with E-state index < -0.39 is 0 Å². The van der Waals surface area contributed by atoms with E-state index in [4.69, 9.17) is 11.6 Å². The molecule has 1 aliphatic carbocycles. The number of rotatable bonds is 3. The van der Waals surface area contributed by atoms with Gasteiger partial charge in [0.25, 0.3) is 0 Å². The minimum atomic E-state index is 0.0715. The Hall–Kier alpha value is -0.760. The molecular formula is C13H19ClN2. The first-order chi connectivity index (χ1) is 7.74. The van der Waals surface area contributed by atoms with E-state index in [9.17, 15) is 0 Å². The fourth-order valence-electron chi connectivity index (χ4n) is 2.33. The molecule has 2 nitrogen and oxygen atoms in total. The third-order valence-electron chi connectivity index (χ3n) is 3.37. The average Bonchev–Trinajstić information content (AvgIpc) is 2.33. The summed E-state index contributed by atoms with van der Waals surface area (Å²) in [5.74, 6) is 1.62. The predicted molar refractivity (Wildman–Crippen MR) is 69.1 cm³/mol. The SMILES string of the molecule is Cc1ccc(NC2(CCl)CCCCC2)nc1. The van der Waals surface area contributed by atoms with Crippen LogP contribution in [-0.2, 0) is 0 Å². The lowest BCUT2D eigenvalue weighted by atomic mass is 9.83. The summed E-state index contributed by atoms with van der Waals surface area (Å²) in [6.07, 6.45) is 8.09. The molecule has 1 fully saturated rings. The summed E-state index contributed by atoms with van der Waals surface area (Å²) in [5.41, 5.74) is 1.26. The number of aromatic nitrogens is 1. The van der Waals surface area contributed by atoms with Crippen molar-refractivity contribution >= 4 is 17.4 Å². The van der Waals surface area contributed by atoms with Crippen molar-refractivity contribution < 1.29 is 0 Å². The average molecular weight is 239 g/mol. The zero-order valence-electron chi connectivity index (χ0n) is 9.80. The van der Waals surface area contributed by atoms with Crippen molar-refractivity contribution in [2.24, 2.45) is 0 Å². The summed E-state index contributed by atoms with van der Waals surface area (Å²) in [6, 6.07) is 4.12. The molecule has 3 heteroatoms. The van der Waals surface area contributed by atoms with Crippen LogP contribution in [0, 0.1) is 6.92 Å². The molecule has 2 rings (SSSR count). The van der Waals surface area contributed by atoms with E-state index in [2.05, 4.69) is 23.3 Å². The molecule has 0 unspecified atom stereocenters. The molecule has 0 radical (unpaired) electrons. The van der Waals surface area contributed by atoms with Crippen molar-refractivity contribution in [1.82, 2.24) is 4.98 Å². The first kappa shape index (κ1) is 11.7.